The third-order valence-electron chi connectivity index (χ3n) is 4.57. The average Bonchev–Trinajstić information content (AvgIpc) is 3.32. The van der Waals surface area contributed by atoms with Crippen LogP contribution in [0.3, 0.4) is 0 Å². The van der Waals surface area contributed by atoms with Crippen LogP contribution in [0.4, 0.5) is 5.69 Å². The number of benzene rings is 2. The third-order valence-corrected chi connectivity index (χ3v) is 4.57. The lowest BCUT2D eigenvalue weighted by atomic mass is 10.1. The van der Waals surface area contributed by atoms with Crippen molar-refractivity contribution < 1.29 is 23.7 Å². The fraction of sp³-hybridized carbons (Fsp3) is 0.238. The minimum atomic E-state index is -0.277. The number of nitrogens with zero attached hydrogens (tertiary/aromatic N) is 2. The van der Waals surface area contributed by atoms with E-state index >= 15 is 0 Å². The number of carbonyl (C=O) groups is 1. The Bertz CT molecular complexity index is 1040. The monoisotopic (exact) mass is 395 g/mol. The molecule has 8 nitrogen and oxygen atoms in total. The Morgan fingerprint density at radius 1 is 1.21 bits per heavy atom. The second kappa shape index (κ2) is 7.75. The van der Waals surface area contributed by atoms with Gasteiger partial charge < -0.3 is 24.3 Å². The fourth-order valence-electron chi connectivity index (χ4n) is 3.22. The average molecular weight is 395 g/mol. The molecule has 0 saturated heterocycles. The molecule has 4 rings (SSSR count). The summed E-state index contributed by atoms with van der Waals surface area (Å²) in [6.07, 6.45) is 1.79. The van der Waals surface area contributed by atoms with Crippen LogP contribution >= 0.6 is 0 Å². The molecule has 0 saturated carbocycles. The molecule has 2 heterocycles. The molecule has 0 spiro atoms. The number of carbonyl (C=O) groups excluding carboxylic acids is 1. The zero-order valence-electron chi connectivity index (χ0n) is 16.4. The molecule has 1 aliphatic rings. The minimum absolute atomic E-state index is 0.133. The molecule has 0 radical (unpaired) electrons. The number of anilines is 1. The van der Waals surface area contributed by atoms with Crippen LogP contribution in [0, 0.1) is 6.92 Å². The Hall–Kier alpha value is -3.68. The second-order valence-corrected chi connectivity index (χ2v) is 6.57. The summed E-state index contributed by atoms with van der Waals surface area (Å²) < 4.78 is 23.4. The smallest absolute Gasteiger partial charge is 0.262 e. The van der Waals surface area contributed by atoms with Crippen molar-refractivity contribution in [3.05, 3.63) is 48.2 Å². The first-order valence-electron chi connectivity index (χ1n) is 9.04. The Labute approximate surface area is 168 Å². The molecule has 2 aromatic carbocycles. The number of hydrogen-bond acceptors (Lipinski definition) is 6. The fourth-order valence-corrected chi connectivity index (χ4v) is 3.22. The van der Waals surface area contributed by atoms with Gasteiger partial charge in [-0.1, -0.05) is 0 Å². The molecule has 0 unspecified atom stereocenters. The number of methoxy groups -OCH3 is 1. The third kappa shape index (κ3) is 3.82. The van der Waals surface area contributed by atoms with Gasteiger partial charge in [0, 0.05) is 24.4 Å². The molecule has 0 atom stereocenters. The number of nitrogens with one attached hydrogen (secondary N) is 1. The molecule has 1 amide bonds. The molecular weight excluding hydrogens is 374 g/mol. The molecule has 150 valence electrons. The molecule has 0 bridgehead atoms. The molecule has 0 aliphatic carbocycles. The molecule has 3 aromatic rings. The van der Waals surface area contributed by atoms with Gasteiger partial charge in [0.2, 0.25) is 6.79 Å². The van der Waals surface area contributed by atoms with Gasteiger partial charge in [0.15, 0.2) is 18.1 Å². The van der Waals surface area contributed by atoms with Gasteiger partial charge in [-0.2, -0.15) is 5.10 Å². The van der Waals surface area contributed by atoms with Crippen LogP contribution in [0.15, 0.2) is 42.6 Å². The van der Waals surface area contributed by atoms with Crippen molar-refractivity contribution in [2.75, 3.05) is 25.8 Å². The van der Waals surface area contributed by atoms with Crippen molar-refractivity contribution in [3.8, 4) is 34.3 Å². The van der Waals surface area contributed by atoms with Crippen molar-refractivity contribution in [1.82, 2.24) is 9.78 Å². The van der Waals surface area contributed by atoms with Crippen molar-refractivity contribution in [2.45, 2.75) is 6.92 Å². The molecular formula is C21H21N3O5. The zero-order valence-corrected chi connectivity index (χ0v) is 16.4. The highest BCUT2D eigenvalue weighted by molar-refractivity contribution is 5.93. The summed E-state index contributed by atoms with van der Waals surface area (Å²) in [6, 6.07) is 10.6. The minimum Gasteiger partial charge on any atom is -0.496 e. The SMILES string of the molecule is COc1ccc(NC(=O)COc2ccc3c(c2)OCO3)cc1-c1c(C)cnn1C. The Kier molecular flexibility index (Phi) is 4.99. The standard InChI is InChI=1S/C21H21N3O5/c1-13-10-22-24(2)21(13)16-8-14(4-6-17(16)26-3)23-20(25)11-27-15-5-7-18-19(9-15)29-12-28-18/h4-10H,11-12H2,1-3H3,(H,23,25). The summed E-state index contributed by atoms with van der Waals surface area (Å²) in [5.74, 6) is 2.23. The van der Waals surface area contributed by atoms with E-state index < -0.39 is 0 Å². The van der Waals surface area contributed by atoms with Gasteiger partial charge >= 0.3 is 0 Å². The van der Waals surface area contributed by atoms with Crippen LogP contribution in [-0.4, -0.2) is 36.2 Å². The van der Waals surface area contributed by atoms with Gasteiger partial charge in [-0.05, 0) is 42.8 Å². The van der Waals surface area contributed by atoms with E-state index in [1.165, 1.54) is 0 Å². The maximum atomic E-state index is 12.4. The number of hydrogen-bond donors (Lipinski definition) is 1. The van der Waals surface area contributed by atoms with E-state index in [1.807, 2.05) is 26.1 Å². The maximum Gasteiger partial charge on any atom is 0.262 e. The number of amides is 1. The first-order chi connectivity index (χ1) is 14.0. The van der Waals surface area contributed by atoms with Crippen LogP contribution in [-0.2, 0) is 11.8 Å². The number of fused-ring (bicyclic) bond motifs is 1. The van der Waals surface area contributed by atoms with E-state index in [2.05, 4.69) is 10.4 Å². The van der Waals surface area contributed by atoms with Gasteiger partial charge in [-0.15, -0.1) is 0 Å². The predicted octanol–water partition coefficient (Wildman–Crippen LogP) is 3.15. The number of ether oxygens (including phenoxy) is 4. The largest absolute Gasteiger partial charge is 0.496 e. The van der Waals surface area contributed by atoms with Gasteiger partial charge in [0.05, 0.1) is 19.0 Å². The summed E-state index contributed by atoms with van der Waals surface area (Å²) in [5, 5.41) is 7.13. The lowest BCUT2D eigenvalue weighted by Crippen LogP contribution is -2.20. The Morgan fingerprint density at radius 2 is 2.03 bits per heavy atom. The number of rotatable bonds is 6. The van der Waals surface area contributed by atoms with E-state index in [4.69, 9.17) is 18.9 Å². The molecule has 1 N–H and O–H groups in total. The zero-order chi connectivity index (χ0) is 20.4. The highest BCUT2D eigenvalue weighted by Crippen LogP contribution is 2.35. The van der Waals surface area contributed by atoms with E-state index in [1.54, 1.807) is 42.3 Å². The van der Waals surface area contributed by atoms with Gasteiger partial charge in [0.1, 0.15) is 11.5 Å². The van der Waals surface area contributed by atoms with E-state index in [0.717, 1.165) is 16.8 Å². The second-order valence-electron chi connectivity index (χ2n) is 6.57. The van der Waals surface area contributed by atoms with Crippen molar-refractivity contribution in [2.24, 2.45) is 7.05 Å². The Balaban J connectivity index is 1.46. The van der Waals surface area contributed by atoms with E-state index in [0.29, 0.717) is 28.7 Å². The van der Waals surface area contributed by atoms with Gasteiger partial charge in [-0.25, -0.2) is 0 Å². The van der Waals surface area contributed by atoms with Crippen molar-refractivity contribution in [1.29, 1.82) is 0 Å². The van der Waals surface area contributed by atoms with Gasteiger partial charge in [0.25, 0.3) is 5.91 Å². The number of aromatic nitrogens is 2. The summed E-state index contributed by atoms with van der Waals surface area (Å²) in [7, 11) is 3.48. The summed E-state index contributed by atoms with van der Waals surface area (Å²) in [4.78, 5) is 12.4. The molecule has 8 heteroatoms. The quantitative estimate of drug-likeness (QED) is 0.690. The van der Waals surface area contributed by atoms with Crippen molar-refractivity contribution in [3.63, 3.8) is 0 Å². The van der Waals surface area contributed by atoms with Crippen LogP contribution < -0.4 is 24.3 Å². The van der Waals surface area contributed by atoms with Crippen molar-refractivity contribution >= 4 is 11.6 Å². The van der Waals surface area contributed by atoms with Crippen LogP contribution in [0.25, 0.3) is 11.3 Å². The lowest BCUT2D eigenvalue weighted by Gasteiger charge is -2.13. The Morgan fingerprint density at radius 3 is 2.79 bits per heavy atom. The van der Waals surface area contributed by atoms with Crippen LogP contribution in [0.5, 0.6) is 23.0 Å². The first-order valence-corrected chi connectivity index (χ1v) is 9.04. The topological polar surface area (TPSA) is 83.8 Å². The molecule has 0 fully saturated rings. The highest BCUT2D eigenvalue weighted by atomic mass is 16.7. The van der Waals surface area contributed by atoms with Crippen LogP contribution in [0.2, 0.25) is 0 Å². The summed E-state index contributed by atoms with van der Waals surface area (Å²) in [5.41, 5.74) is 3.43. The highest BCUT2D eigenvalue weighted by Gasteiger charge is 2.16. The lowest BCUT2D eigenvalue weighted by molar-refractivity contribution is -0.118. The maximum absolute atomic E-state index is 12.4. The van der Waals surface area contributed by atoms with Crippen LogP contribution in [0.1, 0.15) is 5.56 Å². The molecule has 1 aliphatic heterocycles. The van der Waals surface area contributed by atoms with E-state index in [-0.39, 0.29) is 19.3 Å². The van der Waals surface area contributed by atoms with Gasteiger partial charge in [-0.3, -0.25) is 9.48 Å². The van der Waals surface area contributed by atoms with E-state index in [9.17, 15) is 4.79 Å². The predicted molar refractivity (Wildman–Crippen MR) is 107 cm³/mol. The number of aryl methyl sites for hydroxylation is 2. The summed E-state index contributed by atoms with van der Waals surface area (Å²) in [6.45, 7) is 2.03. The first kappa shape index (κ1) is 18.7. The molecule has 29 heavy (non-hydrogen) atoms. The summed E-state index contributed by atoms with van der Waals surface area (Å²) >= 11 is 0. The molecule has 1 aromatic heterocycles. The normalized spacial score (nSPS) is 12.0.